The Morgan fingerprint density at radius 3 is 3.04 bits per heavy atom. The summed E-state index contributed by atoms with van der Waals surface area (Å²) in [4.78, 5) is 18.8. The average molecular weight is 361 g/mol. The van der Waals surface area contributed by atoms with Crippen LogP contribution in [0.25, 0.3) is 0 Å². The van der Waals surface area contributed by atoms with Crippen molar-refractivity contribution in [2.45, 2.75) is 45.6 Å². The van der Waals surface area contributed by atoms with Crippen LogP contribution in [0.4, 0.5) is 0 Å². The first-order chi connectivity index (χ1) is 12.5. The van der Waals surface area contributed by atoms with Gasteiger partial charge in [0, 0.05) is 39.2 Å². The Bertz CT molecular complexity index is 724. The first-order valence-electron chi connectivity index (χ1n) is 9.22. The highest BCUT2D eigenvalue weighted by Crippen LogP contribution is 2.16. The van der Waals surface area contributed by atoms with E-state index in [9.17, 15) is 4.79 Å². The molecule has 1 fully saturated rings. The van der Waals surface area contributed by atoms with Gasteiger partial charge in [0.25, 0.3) is 5.91 Å². The lowest BCUT2D eigenvalue weighted by Crippen LogP contribution is -2.43. The van der Waals surface area contributed by atoms with Gasteiger partial charge in [0.15, 0.2) is 5.82 Å². The van der Waals surface area contributed by atoms with Crippen LogP contribution in [0, 0.1) is 5.92 Å². The van der Waals surface area contributed by atoms with E-state index in [1.165, 1.54) is 0 Å². The van der Waals surface area contributed by atoms with Gasteiger partial charge in [0.1, 0.15) is 0 Å². The van der Waals surface area contributed by atoms with Gasteiger partial charge in [-0.05, 0) is 18.8 Å². The van der Waals surface area contributed by atoms with Crippen molar-refractivity contribution in [3.8, 4) is 0 Å². The van der Waals surface area contributed by atoms with Gasteiger partial charge in [-0.15, -0.1) is 0 Å². The van der Waals surface area contributed by atoms with Crippen LogP contribution in [0.1, 0.15) is 48.8 Å². The summed E-state index contributed by atoms with van der Waals surface area (Å²) >= 11 is 0. The molecule has 0 spiro atoms. The molecule has 142 valence electrons. The van der Waals surface area contributed by atoms with E-state index in [1.807, 2.05) is 11.9 Å². The van der Waals surface area contributed by atoms with Gasteiger partial charge in [0.2, 0.25) is 5.89 Å². The number of hydrogen-bond acceptors (Lipinski definition) is 6. The Hall–Kier alpha value is -2.22. The predicted molar refractivity (Wildman–Crippen MR) is 94.6 cm³/mol. The number of likely N-dealkylation sites (tertiary alicyclic amines) is 1. The molecule has 0 bridgehead atoms. The first kappa shape index (κ1) is 18.6. The summed E-state index contributed by atoms with van der Waals surface area (Å²) in [6.07, 6.45) is 6.72. The lowest BCUT2D eigenvalue weighted by Gasteiger charge is -2.32. The molecule has 26 heavy (non-hydrogen) atoms. The number of rotatable bonds is 7. The first-order valence-corrected chi connectivity index (χ1v) is 9.22. The molecule has 3 rings (SSSR count). The van der Waals surface area contributed by atoms with Gasteiger partial charge >= 0.3 is 0 Å². The summed E-state index contributed by atoms with van der Waals surface area (Å²) in [6.45, 7) is 6.14. The van der Waals surface area contributed by atoms with Crippen LogP contribution in [0.2, 0.25) is 0 Å². The molecule has 0 aliphatic carbocycles. The normalized spacial score (nSPS) is 17.8. The molecule has 1 atom stereocenters. The number of piperidine rings is 1. The van der Waals surface area contributed by atoms with Crippen molar-refractivity contribution in [3.05, 3.63) is 29.7 Å². The Morgan fingerprint density at radius 2 is 2.31 bits per heavy atom. The van der Waals surface area contributed by atoms with E-state index in [-0.39, 0.29) is 12.0 Å². The maximum Gasteiger partial charge on any atom is 0.257 e. The maximum atomic E-state index is 12.5. The summed E-state index contributed by atoms with van der Waals surface area (Å²) in [5, 5.41) is 8.07. The zero-order valence-corrected chi connectivity index (χ0v) is 15.7. The van der Waals surface area contributed by atoms with Gasteiger partial charge in [-0.25, -0.2) is 0 Å². The molecule has 8 heteroatoms. The Kier molecular flexibility index (Phi) is 6.03. The standard InChI is InChI=1S/C18H27N5O3/c1-13(2)9-17-20-16(21-26-17)6-8-25-15-5-4-7-23(12-15)18(24)14-10-19-22(3)11-14/h10-11,13,15H,4-9,12H2,1-3H3. The highest BCUT2D eigenvalue weighted by molar-refractivity contribution is 5.93. The third-order valence-electron chi connectivity index (χ3n) is 4.39. The lowest BCUT2D eigenvalue weighted by molar-refractivity contribution is 0.00251. The number of aromatic nitrogens is 4. The molecule has 0 saturated carbocycles. The molecule has 1 unspecified atom stereocenters. The van der Waals surface area contributed by atoms with E-state index >= 15 is 0 Å². The monoisotopic (exact) mass is 361 g/mol. The number of hydrogen-bond donors (Lipinski definition) is 0. The second-order valence-corrected chi connectivity index (χ2v) is 7.24. The number of carbonyl (C=O) groups excluding carboxylic acids is 1. The molecule has 1 aliphatic rings. The summed E-state index contributed by atoms with van der Waals surface area (Å²) in [5.74, 6) is 1.87. The Balaban J connectivity index is 1.45. The van der Waals surface area contributed by atoms with Crippen molar-refractivity contribution in [2.24, 2.45) is 13.0 Å². The predicted octanol–water partition coefficient (Wildman–Crippen LogP) is 1.87. The molecule has 0 radical (unpaired) electrons. The molecule has 0 N–H and O–H groups in total. The summed E-state index contributed by atoms with van der Waals surface area (Å²) < 4.78 is 12.8. The number of amides is 1. The molecule has 1 amide bonds. The summed E-state index contributed by atoms with van der Waals surface area (Å²) in [6, 6.07) is 0. The molecular formula is C18H27N5O3. The topological polar surface area (TPSA) is 86.3 Å². The molecule has 0 aromatic carbocycles. The second kappa shape index (κ2) is 8.44. The van der Waals surface area contributed by atoms with Gasteiger partial charge in [-0.1, -0.05) is 19.0 Å². The quantitative estimate of drug-likeness (QED) is 0.748. The van der Waals surface area contributed by atoms with Crippen molar-refractivity contribution < 1.29 is 14.1 Å². The van der Waals surface area contributed by atoms with E-state index in [4.69, 9.17) is 9.26 Å². The summed E-state index contributed by atoms with van der Waals surface area (Å²) in [5.41, 5.74) is 0.623. The molecule has 2 aromatic heterocycles. The third kappa shape index (κ3) is 4.91. The number of nitrogens with zero attached hydrogens (tertiary/aromatic N) is 5. The Labute approximate surface area is 153 Å². The van der Waals surface area contributed by atoms with Crippen LogP contribution < -0.4 is 0 Å². The highest BCUT2D eigenvalue weighted by atomic mass is 16.5. The largest absolute Gasteiger partial charge is 0.376 e. The van der Waals surface area contributed by atoms with E-state index < -0.39 is 0 Å². The smallest absolute Gasteiger partial charge is 0.257 e. The lowest BCUT2D eigenvalue weighted by atomic mass is 10.1. The van der Waals surface area contributed by atoms with Gasteiger partial charge in [-0.3, -0.25) is 9.48 Å². The van der Waals surface area contributed by atoms with Gasteiger partial charge in [-0.2, -0.15) is 10.1 Å². The second-order valence-electron chi connectivity index (χ2n) is 7.24. The molecule has 8 nitrogen and oxygen atoms in total. The zero-order chi connectivity index (χ0) is 18.5. The van der Waals surface area contributed by atoms with Gasteiger partial charge < -0.3 is 14.2 Å². The fourth-order valence-electron chi connectivity index (χ4n) is 3.11. The van der Waals surface area contributed by atoms with Crippen LogP contribution in [-0.2, 0) is 24.6 Å². The van der Waals surface area contributed by atoms with Gasteiger partial charge in [0.05, 0.1) is 24.5 Å². The van der Waals surface area contributed by atoms with Crippen molar-refractivity contribution in [3.63, 3.8) is 0 Å². The number of aryl methyl sites for hydroxylation is 1. The fraction of sp³-hybridized carbons (Fsp3) is 0.667. The summed E-state index contributed by atoms with van der Waals surface area (Å²) in [7, 11) is 1.81. The minimum atomic E-state index is 0.0166. The Morgan fingerprint density at radius 1 is 1.46 bits per heavy atom. The third-order valence-corrected chi connectivity index (χ3v) is 4.39. The number of carbonyl (C=O) groups is 1. The van der Waals surface area contributed by atoms with E-state index in [0.29, 0.717) is 42.8 Å². The van der Waals surface area contributed by atoms with Crippen molar-refractivity contribution in [1.29, 1.82) is 0 Å². The average Bonchev–Trinajstić information content (AvgIpc) is 3.23. The van der Waals surface area contributed by atoms with Crippen molar-refractivity contribution >= 4 is 5.91 Å². The van der Waals surface area contributed by atoms with Crippen LogP contribution in [0.3, 0.4) is 0 Å². The maximum absolute atomic E-state index is 12.5. The molecule has 3 heterocycles. The highest BCUT2D eigenvalue weighted by Gasteiger charge is 2.25. The SMILES string of the molecule is CC(C)Cc1nc(CCOC2CCCN(C(=O)c3cnn(C)c3)C2)no1. The van der Waals surface area contributed by atoms with Crippen LogP contribution in [0.5, 0.6) is 0 Å². The molecular weight excluding hydrogens is 334 g/mol. The minimum Gasteiger partial charge on any atom is -0.376 e. The van der Waals surface area contributed by atoms with Crippen LogP contribution in [-0.4, -0.2) is 56.5 Å². The van der Waals surface area contributed by atoms with E-state index in [2.05, 4.69) is 29.1 Å². The molecule has 1 aliphatic heterocycles. The van der Waals surface area contributed by atoms with Crippen molar-refractivity contribution in [2.75, 3.05) is 19.7 Å². The van der Waals surface area contributed by atoms with E-state index in [0.717, 1.165) is 25.8 Å². The minimum absolute atomic E-state index is 0.0166. The molecule has 1 saturated heterocycles. The van der Waals surface area contributed by atoms with E-state index in [1.54, 1.807) is 17.1 Å². The van der Waals surface area contributed by atoms with Crippen LogP contribution in [0.15, 0.2) is 16.9 Å². The zero-order valence-electron chi connectivity index (χ0n) is 15.7. The fourth-order valence-corrected chi connectivity index (χ4v) is 3.11. The van der Waals surface area contributed by atoms with Crippen molar-refractivity contribution in [1.82, 2.24) is 24.8 Å². The molecule has 2 aromatic rings. The number of ether oxygens (including phenoxy) is 1. The van der Waals surface area contributed by atoms with Crippen LogP contribution >= 0.6 is 0 Å².